The third kappa shape index (κ3) is 2.58. The van der Waals surface area contributed by atoms with E-state index in [1.54, 1.807) is 25.2 Å². The standard InChI is InChI=1S/C16H13NO4/c1-17-14-8-7-12(9-13(14)15(18)21-16(17)19)20-10-11-5-3-2-4-6-11/h2-9H,10H2,1H3. The van der Waals surface area contributed by atoms with Crippen LogP contribution >= 0.6 is 0 Å². The van der Waals surface area contributed by atoms with E-state index >= 15 is 0 Å². The van der Waals surface area contributed by atoms with Gasteiger partial charge in [-0.3, -0.25) is 4.57 Å². The summed E-state index contributed by atoms with van der Waals surface area (Å²) < 4.78 is 11.6. The minimum Gasteiger partial charge on any atom is -0.489 e. The molecule has 0 spiro atoms. The molecule has 0 unspecified atom stereocenters. The van der Waals surface area contributed by atoms with Gasteiger partial charge in [-0.1, -0.05) is 30.3 Å². The molecule has 0 saturated heterocycles. The second kappa shape index (κ2) is 5.28. The van der Waals surface area contributed by atoms with Gasteiger partial charge in [0.05, 0.1) is 10.9 Å². The van der Waals surface area contributed by atoms with Crippen molar-refractivity contribution < 1.29 is 9.15 Å². The summed E-state index contributed by atoms with van der Waals surface area (Å²) in [5.74, 6) is -0.122. The lowest BCUT2D eigenvalue weighted by Gasteiger charge is -2.08. The van der Waals surface area contributed by atoms with E-state index in [1.807, 2.05) is 30.3 Å². The molecule has 5 nitrogen and oxygen atoms in total. The van der Waals surface area contributed by atoms with Gasteiger partial charge in [-0.25, -0.2) is 9.59 Å². The first-order chi connectivity index (χ1) is 10.1. The molecular formula is C16H13NO4. The third-order valence-electron chi connectivity index (χ3n) is 3.25. The molecule has 1 heterocycles. The topological polar surface area (TPSA) is 61.4 Å². The van der Waals surface area contributed by atoms with Crippen LogP contribution in [0.15, 0.2) is 62.5 Å². The molecule has 21 heavy (non-hydrogen) atoms. The SMILES string of the molecule is Cn1c(=O)oc(=O)c2cc(OCc3ccccc3)ccc21. The van der Waals surface area contributed by atoms with Gasteiger partial charge in [0.15, 0.2) is 0 Å². The fourth-order valence-corrected chi connectivity index (χ4v) is 2.10. The third-order valence-corrected chi connectivity index (χ3v) is 3.25. The van der Waals surface area contributed by atoms with Crippen LogP contribution in [0.3, 0.4) is 0 Å². The summed E-state index contributed by atoms with van der Waals surface area (Å²) in [6.45, 7) is 0.406. The average Bonchev–Trinajstić information content (AvgIpc) is 2.51. The van der Waals surface area contributed by atoms with Crippen LogP contribution in [-0.2, 0) is 13.7 Å². The molecule has 0 atom stereocenters. The summed E-state index contributed by atoms with van der Waals surface area (Å²) in [4.78, 5) is 23.2. The molecule has 0 aliphatic carbocycles. The van der Waals surface area contributed by atoms with Crippen molar-refractivity contribution in [3.63, 3.8) is 0 Å². The summed E-state index contributed by atoms with van der Waals surface area (Å²) in [6, 6.07) is 14.7. The predicted molar refractivity (Wildman–Crippen MR) is 78.5 cm³/mol. The second-order valence-electron chi connectivity index (χ2n) is 4.67. The Morgan fingerprint density at radius 2 is 1.86 bits per heavy atom. The number of benzene rings is 2. The Kier molecular flexibility index (Phi) is 3.31. The van der Waals surface area contributed by atoms with E-state index in [4.69, 9.17) is 4.74 Å². The quantitative estimate of drug-likeness (QED) is 0.738. The largest absolute Gasteiger partial charge is 0.489 e. The summed E-state index contributed by atoms with van der Waals surface area (Å²) in [6.07, 6.45) is 0. The van der Waals surface area contributed by atoms with Gasteiger partial charge in [0.1, 0.15) is 12.4 Å². The van der Waals surface area contributed by atoms with Gasteiger partial charge in [0.2, 0.25) is 0 Å². The normalized spacial score (nSPS) is 10.7. The minimum absolute atomic E-state index is 0.322. The van der Waals surface area contributed by atoms with Crippen molar-refractivity contribution in [1.29, 1.82) is 0 Å². The molecule has 0 saturated carbocycles. The van der Waals surface area contributed by atoms with Gasteiger partial charge in [0, 0.05) is 7.05 Å². The van der Waals surface area contributed by atoms with Gasteiger partial charge in [-0.05, 0) is 23.8 Å². The van der Waals surface area contributed by atoms with E-state index in [1.165, 1.54) is 4.57 Å². The zero-order chi connectivity index (χ0) is 14.8. The lowest BCUT2D eigenvalue weighted by Crippen LogP contribution is -2.22. The maximum Gasteiger partial charge on any atom is 0.422 e. The number of nitrogens with zero attached hydrogens (tertiary/aromatic N) is 1. The molecule has 0 N–H and O–H groups in total. The highest BCUT2D eigenvalue weighted by molar-refractivity contribution is 5.79. The molecular weight excluding hydrogens is 270 g/mol. The van der Waals surface area contributed by atoms with E-state index < -0.39 is 11.4 Å². The fourth-order valence-electron chi connectivity index (χ4n) is 2.10. The molecule has 0 bridgehead atoms. The van der Waals surface area contributed by atoms with Crippen LogP contribution < -0.4 is 16.1 Å². The minimum atomic E-state index is -0.676. The van der Waals surface area contributed by atoms with Crippen LogP contribution in [-0.4, -0.2) is 4.57 Å². The first-order valence-corrected chi connectivity index (χ1v) is 6.46. The first kappa shape index (κ1) is 13.2. The summed E-state index contributed by atoms with van der Waals surface area (Å²) in [7, 11) is 1.55. The zero-order valence-electron chi connectivity index (χ0n) is 11.4. The Balaban J connectivity index is 1.95. The molecule has 106 valence electrons. The molecule has 0 aliphatic rings. The van der Waals surface area contributed by atoms with Crippen LogP contribution in [0.4, 0.5) is 0 Å². The van der Waals surface area contributed by atoms with Crippen molar-refractivity contribution in [1.82, 2.24) is 4.57 Å². The van der Waals surface area contributed by atoms with Gasteiger partial charge in [-0.15, -0.1) is 0 Å². The Bertz CT molecular complexity index is 894. The average molecular weight is 283 g/mol. The van der Waals surface area contributed by atoms with E-state index in [2.05, 4.69) is 4.42 Å². The van der Waals surface area contributed by atoms with E-state index in [9.17, 15) is 9.59 Å². The summed E-state index contributed by atoms with van der Waals surface area (Å²) in [5.41, 5.74) is 0.895. The fraction of sp³-hybridized carbons (Fsp3) is 0.125. The lowest BCUT2D eigenvalue weighted by molar-refractivity contribution is 0.306. The van der Waals surface area contributed by atoms with E-state index in [0.29, 0.717) is 23.3 Å². The van der Waals surface area contributed by atoms with E-state index in [0.717, 1.165) is 5.56 Å². The number of ether oxygens (including phenoxy) is 1. The van der Waals surface area contributed by atoms with Crippen molar-refractivity contribution in [3.05, 3.63) is 75.1 Å². The number of hydrogen-bond donors (Lipinski definition) is 0. The molecule has 0 amide bonds. The number of fused-ring (bicyclic) bond motifs is 1. The smallest absolute Gasteiger partial charge is 0.422 e. The van der Waals surface area contributed by atoms with Crippen LogP contribution in [0.5, 0.6) is 5.75 Å². The Hall–Kier alpha value is -2.82. The van der Waals surface area contributed by atoms with Crippen LogP contribution in [0, 0.1) is 0 Å². The molecule has 0 radical (unpaired) electrons. The maximum atomic E-state index is 11.7. The maximum absolute atomic E-state index is 11.7. The summed E-state index contributed by atoms with van der Waals surface area (Å²) in [5, 5.41) is 0.322. The van der Waals surface area contributed by atoms with Crippen molar-refractivity contribution in [3.8, 4) is 5.75 Å². The Morgan fingerprint density at radius 1 is 1.10 bits per heavy atom. The molecule has 5 heteroatoms. The molecule has 2 aromatic carbocycles. The van der Waals surface area contributed by atoms with Crippen molar-refractivity contribution in [2.75, 3.05) is 0 Å². The van der Waals surface area contributed by atoms with Gasteiger partial charge < -0.3 is 9.15 Å². The van der Waals surface area contributed by atoms with Crippen molar-refractivity contribution in [2.24, 2.45) is 7.05 Å². The lowest BCUT2D eigenvalue weighted by atomic mass is 10.2. The van der Waals surface area contributed by atoms with Crippen molar-refractivity contribution in [2.45, 2.75) is 6.61 Å². The Labute approximate surface area is 120 Å². The highest BCUT2D eigenvalue weighted by Gasteiger charge is 2.08. The summed E-state index contributed by atoms with van der Waals surface area (Å²) >= 11 is 0. The van der Waals surface area contributed by atoms with Gasteiger partial charge in [-0.2, -0.15) is 0 Å². The van der Waals surface area contributed by atoms with Crippen LogP contribution in [0.25, 0.3) is 10.9 Å². The first-order valence-electron chi connectivity index (χ1n) is 6.46. The second-order valence-corrected chi connectivity index (χ2v) is 4.67. The molecule has 0 fully saturated rings. The number of aromatic nitrogens is 1. The van der Waals surface area contributed by atoms with E-state index in [-0.39, 0.29) is 0 Å². The van der Waals surface area contributed by atoms with Gasteiger partial charge in [0.25, 0.3) is 0 Å². The highest BCUT2D eigenvalue weighted by Crippen LogP contribution is 2.18. The van der Waals surface area contributed by atoms with Gasteiger partial charge >= 0.3 is 11.4 Å². The molecule has 3 rings (SSSR count). The number of hydrogen-bond acceptors (Lipinski definition) is 4. The number of rotatable bonds is 3. The monoisotopic (exact) mass is 283 g/mol. The molecule has 1 aromatic heterocycles. The van der Waals surface area contributed by atoms with Crippen molar-refractivity contribution >= 4 is 10.9 Å². The predicted octanol–water partition coefficient (Wildman–Crippen LogP) is 2.07. The zero-order valence-corrected chi connectivity index (χ0v) is 11.4. The molecule has 0 aliphatic heterocycles. The van der Waals surface area contributed by atoms with Crippen LogP contribution in [0.2, 0.25) is 0 Å². The Morgan fingerprint density at radius 3 is 2.62 bits per heavy atom. The van der Waals surface area contributed by atoms with Crippen LogP contribution in [0.1, 0.15) is 5.56 Å². The number of aryl methyl sites for hydroxylation is 1. The highest BCUT2D eigenvalue weighted by atomic mass is 16.5. The molecule has 3 aromatic rings.